The van der Waals surface area contributed by atoms with E-state index in [0.29, 0.717) is 0 Å². The zero-order chi connectivity index (χ0) is 58.0. The number of hydrogen-bond donors (Lipinski definition) is 12. The van der Waals surface area contributed by atoms with Crippen molar-refractivity contribution in [2.45, 2.75) is 183 Å². The zero-order valence-electron chi connectivity index (χ0n) is 44.7. The number of esters is 1. The molecule has 13 N–H and O–H groups in total. The van der Waals surface area contributed by atoms with Gasteiger partial charge in [-0.3, -0.25) is 4.79 Å². The van der Waals surface area contributed by atoms with Gasteiger partial charge in [0.2, 0.25) is 0 Å². The number of fused-ring (bicyclic) bond motifs is 2. The maximum Gasteiger partial charge on any atom is 0.508 e. The molecule has 0 saturated carbocycles. The molecular weight excluding hydrogens is 1020 g/mol. The molecule has 23 heteroatoms. The molecule has 2 fully saturated rings. The van der Waals surface area contributed by atoms with E-state index in [0.717, 1.165) is 0 Å². The lowest BCUT2D eigenvalue weighted by Crippen LogP contribution is -2.65. The fourth-order valence-corrected chi connectivity index (χ4v) is 8.82. The van der Waals surface area contributed by atoms with Crippen molar-refractivity contribution in [3.8, 4) is 0 Å². The predicted octanol–water partition coefficient (Wildman–Crippen LogP) is 2.35. The van der Waals surface area contributed by atoms with E-state index in [1.165, 1.54) is 25.2 Å². The Morgan fingerprint density at radius 2 is 1.28 bits per heavy atom. The van der Waals surface area contributed by atoms with E-state index in [9.17, 15) is 65.1 Å². The second kappa shape index (κ2) is 34.5. The molecule has 23 nitrogen and oxygen atoms in total. The number of aliphatic hydroxyl groups excluding tert-OH is 8. The molecule has 3 rings (SSSR count). The van der Waals surface area contributed by atoms with Gasteiger partial charge in [0.1, 0.15) is 37.6 Å². The van der Waals surface area contributed by atoms with Crippen molar-refractivity contribution >= 4 is 24.2 Å². The first-order chi connectivity index (χ1) is 37.0. The van der Waals surface area contributed by atoms with E-state index < -0.39 is 159 Å². The van der Waals surface area contributed by atoms with Crippen LogP contribution >= 0.6 is 0 Å². The molecule has 19 atom stereocenters. The van der Waals surface area contributed by atoms with Gasteiger partial charge in [-0.05, 0) is 33.1 Å². The molecule has 438 valence electrons. The number of aliphatic hydroxyl groups is 9. The third-order valence-electron chi connectivity index (χ3n) is 13.2. The summed E-state index contributed by atoms with van der Waals surface area (Å²) in [5.41, 5.74) is 5.61. The van der Waals surface area contributed by atoms with Crippen molar-refractivity contribution in [1.82, 2.24) is 10.6 Å². The molecule has 3 aliphatic rings. The Kier molecular flexibility index (Phi) is 29.5. The molecule has 78 heavy (non-hydrogen) atoms. The van der Waals surface area contributed by atoms with Crippen LogP contribution in [0.5, 0.6) is 0 Å². The van der Waals surface area contributed by atoms with Crippen LogP contribution in [0.25, 0.3) is 0 Å². The molecule has 0 unspecified atom stereocenters. The van der Waals surface area contributed by atoms with E-state index in [4.69, 9.17) is 38.9 Å². The molecule has 0 aromatic rings. The summed E-state index contributed by atoms with van der Waals surface area (Å²) in [6.45, 7) is 13.2. The standard InChI is InChI=1S/C55H83N3O20/c1-7-25-72-53(69)58-47-49(66)36(6)75-51(50(47)67)76-40-22-20-18-16-14-12-10-9-11-13-15-17-19-21-33(3)48(65)34(4)35(5)74-45(64)29-38(60)27-37(59)23-24-41(62)42(63)28-39(61)31-55(71)32-44(77-54(70)73-26-8-2)46(57-52(56)68)43(30-40)78-55/h7-22,33-44,46-51,59-63,65-67,71H,1-2,23-32H2,3-6H3,(H,58,69)(H3,56,57,68)/b10-9+,13-11+,14-12+,17-15+,18-16+,21-19+,22-20+/t33-,34-,35-,36+,37+,38+,39-,40-,41+,42+,43-,44-,46-,47-,48+,49+,50-,51-,55+/m0/s1. The van der Waals surface area contributed by atoms with Gasteiger partial charge in [0.25, 0.3) is 0 Å². The fraction of sp³-hybridized carbons (Fsp3) is 0.600. The van der Waals surface area contributed by atoms with Crippen LogP contribution in [0.4, 0.5) is 14.4 Å². The van der Waals surface area contributed by atoms with E-state index in [2.05, 4.69) is 23.8 Å². The van der Waals surface area contributed by atoms with Crippen LogP contribution in [-0.4, -0.2) is 187 Å². The first-order valence-electron chi connectivity index (χ1n) is 26.0. The summed E-state index contributed by atoms with van der Waals surface area (Å²) < 4.78 is 39.5. The van der Waals surface area contributed by atoms with E-state index in [1.54, 1.807) is 86.8 Å². The van der Waals surface area contributed by atoms with Gasteiger partial charge in [0.05, 0.1) is 73.4 Å². The van der Waals surface area contributed by atoms with Crippen molar-refractivity contribution in [2.75, 3.05) is 13.2 Å². The predicted molar refractivity (Wildman–Crippen MR) is 283 cm³/mol. The lowest BCUT2D eigenvalue weighted by atomic mass is 9.86. The normalized spacial score (nSPS) is 39.4. The number of carbonyl (C=O) groups excluding carboxylic acids is 4. The highest BCUT2D eigenvalue weighted by Crippen LogP contribution is 2.37. The van der Waals surface area contributed by atoms with Gasteiger partial charge < -0.3 is 95.5 Å². The Morgan fingerprint density at radius 1 is 0.692 bits per heavy atom. The van der Waals surface area contributed by atoms with E-state index in [-0.39, 0.29) is 44.8 Å². The lowest BCUT2D eigenvalue weighted by Gasteiger charge is -2.47. The minimum Gasteiger partial charge on any atom is -0.462 e. The monoisotopic (exact) mass is 1110 g/mol. The third kappa shape index (κ3) is 23.8. The first-order valence-corrected chi connectivity index (χ1v) is 26.0. The molecular formula is C55H83N3O20. The van der Waals surface area contributed by atoms with E-state index in [1.807, 2.05) is 13.0 Å². The van der Waals surface area contributed by atoms with Gasteiger partial charge in [-0.2, -0.15) is 0 Å². The van der Waals surface area contributed by atoms with Gasteiger partial charge in [-0.25, -0.2) is 14.4 Å². The quantitative estimate of drug-likeness (QED) is 0.0895. The van der Waals surface area contributed by atoms with Crippen LogP contribution in [0.1, 0.15) is 79.1 Å². The molecule has 3 amide bonds. The maximum absolute atomic E-state index is 13.0. The minimum absolute atomic E-state index is 0.149. The number of urea groups is 1. The SMILES string of the molecule is C=CCOC(=O)N[C@@H]1[C@H](O)[C@H](O[C@H]2/C=C/C=C/C=C/C=C/C=C/C=C/C=C/[C@H](C)[C@@H](O)[C@@H](C)[C@H](C)OC(=O)C[C@H](O)C[C@H](O)CC[C@@H](O)[C@H](O)C[C@H](O)C[C@]3(O)C[C@H](OC(=O)OCC=C)[C@@H](NC(N)=O)[C@H](C2)O3)O[C@H](C)[C@H]1O. The van der Waals surface area contributed by atoms with Crippen LogP contribution in [0, 0.1) is 11.8 Å². The molecule has 0 aromatic heterocycles. The summed E-state index contributed by atoms with van der Waals surface area (Å²) >= 11 is 0. The van der Waals surface area contributed by atoms with Crippen LogP contribution in [0.3, 0.4) is 0 Å². The first kappa shape index (κ1) is 66.7. The Balaban J connectivity index is 2.04. The van der Waals surface area contributed by atoms with Crippen molar-refractivity contribution in [2.24, 2.45) is 17.6 Å². The third-order valence-corrected chi connectivity index (χ3v) is 13.2. The van der Waals surface area contributed by atoms with Crippen LogP contribution in [0.15, 0.2) is 110 Å². The molecule has 3 aliphatic heterocycles. The van der Waals surface area contributed by atoms with Crippen molar-refractivity contribution in [1.29, 1.82) is 0 Å². The Labute approximate surface area is 455 Å². The molecule has 2 saturated heterocycles. The lowest BCUT2D eigenvalue weighted by molar-refractivity contribution is -0.303. The number of cyclic esters (lactones) is 1. The Hall–Kier alpha value is -5.54. The number of allylic oxidation sites excluding steroid dienone is 12. The number of carbonyl (C=O) groups is 4. The van der Waals surface area contributed by atoms with Crippen molar-refractivity contribution < 1.29 is 98.3 Å². The number of hydrogen-bond acceptors (Lipinski definition) is 20. The summed E-state index contributed by atoms with van der Waals surface area (Å²) in [5.74, 6) is -3.97. The minimum atomic E-state index is -2.43. The van der Waals surface area contributed by atoms with Crippen LogP contribution in [0.2, 0.25) is 0 Å². The number of ether oxygens (including phenoxy) is 7. The second-order valence-corrected chi connectivity index (χ2v) is 19.7. The van der Waals surface area contributed by atoms with Crippen molar-refractivity contribution in [3.05, 3.63) is 110 Å². The van der Waals surface area contributed by atoms with Gasteiger partial charge in [-0.15, -0.1) is 0 Å². The maximum atomic E-state index is 13.0. The average Bonchev–Trinajstić information content (AvgIpc) is 3.36. The average molecular weight is 1110 g/mol. The van der Waals surface area contributed by atoms with Crippen molar-refractivity contribution in [3.63, 3.8) is 0 Å². The number of amides is 3. The number of primary amides is 1. The van der Waals surface area contributed by atoms with Gasteiger partial charge in [0.15, 0.2) is 12.1 Å². The number of rotatable bonds is 9. The molecule has 0 aliphatic carbocycles. The second-order valence-electron chi connectivity index (χ2n) is 19.7. The Morgan fingerprint density at radius 3 is 1.88 bits per heavy atom. The van der Waals surface area contributed by atoms with Gasteiger partial charge in [-0.1, -0.05) is 124 Å². The summed E-state index contributed by atoms with van der Waals surface area (Å²) in [6, 6.07) is -3.86. The largest absolute Gasteiger partial charge is 0.508 e. The highest BCUT2D eigenvalue weighted by molar-refractivity contribution is 5.72. The Bertz CT molecular complexity index is 2100. The highest BCUT2D eigenvalue weighted by Gasteiger charge is 2.51. The summed E-state index contributed by atoms with van der Waals surface area (Å²) in [4.78, 5) is 50.8. The molecule has 0 radical (unpaired) electrons. The number of alkyl carbamates (subject to hydrolysis) is 1. The highest BCUT2D eigenvalue weighted by atomic mass is 16.7. The molecule has 0 aromatic carbocycles. The summed E-state index contributed by atoms with van der Waals surface area (Å²) in [5, 5.41) is 105. The molecule has 0 spiro atoms. The van der Waals surface area contributed by atoms with Crippen LogP contribution < -0.4 is 16.4 Å². The summed E-state index contributed by atoms with van der Waals surface area (Å²) in [6.07, 6.45) is 2.12. The van der Waals surface area contributed by atoms with Crippen LogP contribution in [-0.2, 0) is 38.0 Å². The summed E-state index contributed by atoms with van der Waals surface area (Å²) in [7, 11) is 0. The smallest absolute Gasteiger partial charge is 0.462 e. The molecule has 3 heterocycles. The zero-order valence-corrected chi connectivity index (χ0v) is 44.7. The number of nitrogens with one attached hydrogen (secondary N) is 2. The van der Waals surface area contributed by atoms with E-state index >= 15 is 0 Å². The van der Waals surface area contributed by atoms with Gasteiger partial charge >= 0.3 is 24.2 Å². The fourth-order valence-electron chi connectivity index (χ4n) is 8.82. The van der Waals surface area contributed by atoms with Gasteiger partial charge in [0, 0.05) is 37.5 Å². The topological polar surface area (TPSA) is 365 Å². The molecule has 2 bridgehead atoms. The number of nitrogens with two attached hydrogens (primary N) is 1.